The van der Waals surface area contributed by atoms with Gasteiger partial charge in [-0.15, -0.1) is 0 Å². The summed E-state index contributed by atoms with van der Waals surface area (Å²) in [5, 5.41) is 10.3. The maximum absolute atomic E-state index is 11.0. The Kier molecular flexibility index (Phi) is 12.1. The third kappa shape index (κ3) is 9.02. The smallest absolute Gasteiger partial charge is 0.305 e. The topological polar surface area (TPSA) is 65.0 Å². The molecule has 1 saturated heterocycles. The van der Waals surface area contributed by atoms with Gasteiger partial charge in [0.2, 0.25) is 0 Å². The summed E-state index contributed by atoms with van der Waals surface area (Å²) in [4.78, 5) is 11.0. The predicted molar refractivity (Wildman–Crippen MR) is 98.6 cm³/mol. The molecular formula is C20H38O5. The molecule has 0 saturated carbocycles. The molecule has 0 radical (unpaired) electrons. The summed E-state index contributed by atoms with van der Waals surface area (Å²) in [7, 11) is 3.18. The van der Waals surface area contributed by atoms with E-state index in [4.69, 9.17) is 9.47 Å². The standard InChI is InChI=1S/C20H38O5/c1-4-5-9-13-18(23-2)19-15-16(21)17(25-19)12-10-7-6-8-11-14-20(22)24-3/h16-19,21H,4-15H2,1-3H3. The monoisotopic (exact) mass is 358 g/mol. The largest absolute Gasteiger partial charge is 0.469 e. The van der Waals surface area contributed by atoms with Gasteiger partial charge in [0.05, 0.1) is 31.5 Å². The van der Waals surface area contributed by atoms with Gasteiger partial charge in [-0.1, -0.05) is 51.9 Å². The van der Waals surface area contributed by atoms with Gasteiger partial charge in [0.15, 0.2) is 0 Å². The molecule has 25 heavy (non-hydrogen) atoms. The SMILES string of the molecule is CCCCCC(OC)C1CC(O)C(CCCCCCCC(=O)OC)O1. The van der Waals surface area contributed by atoms with Gasteiger partial charge in [-0.05, 0) is 19.3 Å². The fourth-order valence-corrected chi connectivity index (χ4v) is 3.56. The maximum Gasteiger partial charge on any atom is 0.305 e. The zero-order valence-electron chi connectivity index (χ0n) is 16.4. The third-order valence-electron chi connectivity index (χ3n) is 5.16. The van der Waals surface area contributed by atoms with Crippen LogP contribution in [0.25, 0.3) is 0 Å². The molecule has 0 aromatic rings. The van der Waals surface area contributed by atoms with Gasteiger partial charge in [-0.25, -0.2) is 0 Å². The van der Waals surface area contributed by atoms with Gasteiger partial charge in [0, 0.05) is 20.0 Å². The molecule has 5 nitrogen and oxygen atoms in total. The van der Waals surface area contributed by atoms with E-state index in [1.165, 1.54) is 20.0 Å². The molecule has 1 aliphatic heterocycles. The lowest BCUT2D eigenvalue weighted by atomic mass is 10.0. The highest BCUT2D eigenvalue weighted by molar-refractivity contribution is 5.68. The second-order valence-electron chi connectivity index (χ2n) is 7.17. The molecule has 5 heteroatoms. The van der Waals surface area contributed by atoms with Crippen LogP contribution in [-0.2, 0) is 19.0 Å². The first kappa shape index (κ1) is 22.4. The summed E-state index contributed by atoms with van der Waals surface area (Å²) in [6.45, 7) is 2.20. The molecule has 1 fully saturated rings. The summed E-state index contributed by atoms with van der Waals surface area (Å²) >= 11 is 0. The van der Waals surface area contributed by atoms with Gasteiger partial charge in [0.1, 0.15) is 0 Å². The third-order valence-corrected chi connectivity index (χ3v) is 5.16. The summed E-state index contributed by atoms with van der Waals surface area (Å²) in [6.07, 6.45) is 11.6. The minimum absolute atomic E-state index is 0.0295. The Labute approximate surface area is 153 Å². The van der Waals surface area contributed by atoms with E-state index in [1.807, 2.05) is 0 Å². The molecule has 0 amide bonds. The first-order valence-electron chi connectivity index (χ1n) is 10.1. The average molecular weight is 359 g/mol. The number of hydrogen-bond donors (Lipinski definition) is 1. The first-order chi connectivity index (χ1) is 12.1. The van der Waals surface area contributed by atoms with Crippen molar-refractivity contribution < 1.29 is 24.1 Å². The van der Waals surface area contributed by atoms with Crippen LogP contribution < -0.4 is 0 Å². The van der Waals surface area contributed by atoms with Gasteiger partial charge >= 0.3 is 5.97 Å². The number of methoxy groups -OCH3 is 2. The van der Waals surface area contributed by atoms with E-state index in [1.54, 1.807) is 7.11 Å². The highest BCUT2D eigenvalue weighted by Crippen LogP contribution is 2.29. The Morgan fingerprint density at radius 1 is 1.12 bits per heavy atom. The van der Waals surface area contributed by atoms with E-state index in [0.717, 1.165) is 51.4 Å². The Morgan fingerprint density at radius 3 is 2.52 bits per heavy atom. The molecule has 0 aliphatic carbocycles. The zero-order chi connectivity index (χ0) is 18.5. The van der Waals surface area contributed by atoms with Crippen LogP contribution in [0.1, 0.15) is 84.0 Å². The second-order valence-corrected chi connectivity index (χ2v) is 7.17. The van der Waals surface area contributed by atoms with E-state index in [9.17, 15) is 9.90 Å². The summed E-state index contributed by atoms with van der Waals surface area (Å²) in [5.41, 5.74) is 0. The fraction of sp³-hybridized carbons (Fsp3) is 0.950. The molecule has 1 rings (SSSR count). The highest BCUT2D eigenvalue weighted by atomic mass is 16.6. The number of ether oxygens (including phenoxy) is 3. The summed E-state index contributed by atoms with van der Waals surface area (Å²) in [6, 6.07) is 0. The normalized spacial score (nSPS) is 24.4. The summed E-state index contributed by atoms with van der Waals surface area (Å²) < 4.78 is 16.3. The van der Waals surface area contributed by atoms with Crippen molar-refractivity contribution in [2.24, 2.45) is 0 Å². The lowest BCUT2D eigenvalue weighted by molar-refractivity contribution is -0.140. The minimum Gasteiger partial charge on any atom is -0.469 e. The number of hydrogen-bond acceptors (Lipinski definition) is 5. The first-order valence-corrected chi connectivity index (χ1v) is 10.1. The molecule has 0 aromatic heterocycles. The van der Waals surface area contributed by atoms with E-state index < -0.39 is 0 Å². The number of rotatable bonds is 14. The van der Waals surface area contributed by atoms with E-state index in [2.05, 4.69) is 11.7 Å². The van der Waals surface area contributed by atoms with Crippen LogP contribution >= 0.6 is 0 Å². The van der Waals surface area contributed by atoms with Gasteiger partial charge in [0.25, 0.3) is 0 Å². The van der Waals surface area contributed by atoms with Crippen molar-refractivity contribution >= 4 is 5.97 Å². The van der Waals surface area contributed by atoms with E-state index in [-0.39, 0.29) is 30.4 Å². The molecule has 0 aromatic carbocycles. The van der Waals surface area contributed by atoms with Crippen molar-refractivity contribution in [3.05, 3.63) is 0 Å². The Hall–Kier alpha value is -0.650. The number of carbonyl (C=O) groups excluding carboxylic acids is 1. The van der Waals surface area contributed by atoms with Crippen LogP contribution in [0.5, 0.6) is 0 Å². The van der Waals surface area contributed by atoms with Crippen molar-refractivity contribution in [2.45, 2.75) is 108 Å². The summed E-state index contributed by atoms with van der Waals surface area (Å²) in [5.74, 6) is -0.125. The van der Waals surface area contributed by atoms with Crippen molar-refractivity contribution in [1.82, 2.24) is 0 Å². The molecule has 1 heterocycles. The van der Waals surface area contributed by atoms with Crippen LogP contribution in [0.4, 0.5) is 0 Å². The van der Waals surface area contributed by atoms with Crippen LogP contribution in [0.2, 0.25) is 0 Å². The van der Waals surface area contributed by atoms with Crippen molar-refractivity contribution in [1.29, 1.82) is 0 Å². The molecule has 4 atom stereocenters. The van der Waals surface area contributed by atoms with E-state index in [0.29, 0.717) is 12.8 Å². The second kappa shape index (κ2) is 13.5. The lowest BCUT2D eigenvalue weighted by Gasteiger charge is -2.22. The quantitative estimate of drug-likeness (QED) is 0.375. The van der Waals surface area contributed by atoms with Crippen LogP contribution in [0.15, 0.2) is 0 Å². The lowest BCUT2D eigenvalue weighted by Crippen LogP contribution is -2.28. The van der Waals surface area contributed by atoms with E-state index >= 15 is 0 Å². The molecule has 0 bridgehead atoms. The molecule has 0 spiro atoms. The predicted octanol–water partition coefficient (Wildman–Crippen LogP) is 4.00. The van der Waals surface area contributed by atoms with Crippen molar-refractivity contribution in [2.75, 3.05) is 14.2 Å². The maximum atomic E-state index is 11.0. The van der Waals surface area contributed by atoms with Crippen LogP contribution in [0.3, 0.4) is 0 Å². The molecule has 1 aliphatic rings. The number of unbranched alkanes of at least 4 members (excludes halogenated alkanes) is 6. The molecule has 148 valence electrons. The number of aliphatic hydroxyl groups is 1. The number of esters is 1. The van der Waals surface area contributed by atoms with Crippen LogP contribution in [0, 0.1) is 0 Å². The average Bonchev–Trinajstić information content (AvgIpc) is 2.98. The molecular weight excluding hydrogens is 320 g/mol. The Morgan fingerprint density at radius 2 is 1.84 bits per heavy atom. The fourth-order valence-electron chi connectivity index (χ4n) is 3.56. The van der Waals surface area contributed by atoms with Crippen molar-refractivity contribution in [3.8, 4) is 0 Å². The highest BCUT2D eigenvalue weighted by Gasteiger charge is 2.37. The van der Waals surface area contributed by atoms with Gasteiger partial charge < -0.3 is 19.3 Å². The minimum atomic E-state index is -0.367. The molecule has 1 N–H and O–H groups in total. The zero-order valence-corrected chi connectivity index (χ0v) is 16.4. The number of aliphatic hydroxyl groups excluding tert-OH is 1. The van der Waals surface area contributed by atoms with Gasteiger partial charge in [-0.2, -0.15) is 0 Å². The Bertz CT molecular complexity index is 347. The Balaban J connectivity index is 2.15. The molecule has 4 unspecified atom stereocenters. The van der Waals surface area contributed by atoms with Crippen LogP contribution in [-0.4, -0.2) is 49.7 Å². The number of carbonyl (C=O) groups is 1. The van der Waals surface area contributed by atoms with Crippen molar-refractivity contribution in [3.63, 3.8) is 0 Å². The van der Waals surface area contributed by atoms with Gasteiger partial charge in [-0.3, -0.25) is 4.79 Å².